The number of nitrogens with one attached hydrogen (secondary N) is 1. The van der Waals surface area contributed by atoms with Crippen molar-refractivity contribution in [3.8, 4) is 0 Å². The molecule has 1 amide bonds. The van der Waals surface area contributed by atoms with Crippen molar-refractivity contribution in [2.24, 2.45) is 0 Å². The van der Waals surface area contributed by atoms with Crippen molar-refractivity contribution in [1.82, 2.24) is 10.3 Å². The lowest BCUT2D eigenvalue weighted by Gasteiger charge is -2.27. The number of amides is 1. The van der Waals surface area contributed by atoms with E-state index in [4.69, 9.17) is 4.74 Å². The molecule has 2 heterocycles. The maximum atomic E-state index is 11.3. The minimum absolute atomic E-state index is 0.110. The van der Waals surface area contributed by atoms with Crippen LogP contribution in [0.5, 0.6) is 0 Å². The normalized spacial score (nSPS) is 15.9. The Kier molecular flexibility index (Phi) is 3.36. The van der Waals surface area contributed by atoms with Gasteiger partial charge >= 0.3 is 0 Å². The molecule has 1 aliphatic rings. The summed E-state index contributed by atoms with van der Waals surface area (Å²) in [5.74, 6) is 0.789. The lowest BCUT2D eigenvalue weighted by atomic mass is 10.2. The molecular weight excluding hydrogens is 206 g/mol. The number of nitrogens with zero attached hydrogens (tertiary/aromatic N) is 2. The lowest BCUT2D eigenvalue weighted by Crippen LogP contribution is -2.36. The van der Waals surface area contributed by atoms with Crippen LogP contribution in [0, 0.1) is 0 Å². The predicted molar refractivity (Wildman–Crippen MR) is 60.7 cm³/mol. The van der Waals surface area contributed by atoms with Crippen LogP contribution in [-0.4, -0.2) is 44.2 Å². The number of carbonyl (C=O) groups excluding carboxylic acids is 1. The van der Waals surface area contributed by atoms with E-state index in [-0.39, 0.29) is 5.91 Å². The van der Waals surface area contributed by atoms with Crippen LogP contribution in [0.2, 0.25) is 0 Å². The smallest absolute Gasteiger partial charge is 0.252 e. The molecule has 0 radical (unpaired) electrons. The van der Waals surface area contributed by atoms with Crippen molar-refractivity contribution >= 4 is 11.7 Å². The van der Waals surface area contributed by atoms with Gasteiger partial charge in [0.2, 0.25) is 0 Å². The monoisotopic (exact) mass is 221 g/mol. The number of ether oxygens (including phenoxy) is 1. The molecule has 1 aromatic heterocycles. The molecule has 1 fully saturated rings. The first kappa shape index (κ1) is 10.9. The van der Waals surface area contributed by atoms with E-state index in [1.165, 1.54) is 0 Å². The van der Waals surface area contributed by atoms with Gasteiger partial charge in [0.25, 0.3) is 5.91 Å². The molecule has 1 aliphatic heterocycles. The first-order valence-electron chi connectivity index (χ1n) is 5.32. The van der Waals surface area contributed by atoms with Crippen molar-refractivity contribution in [3.63, 3.8) is 0 Å². The summed E-state index contributed by atoms with van der Waals surface area (Å²) in [6.07, 6.45) is 1.60. The fourth-order valence-corrected chi connectivity index (χ4v) is 1.64. The standard InChI is InChI=1S/C11H15N3O2/c1-12-11(15)9-2-3-10(13-8-9)14-4-6-16-7-5-14/h2-3,8H,4-7H2,1H3,(H,12,15). The lowest BCUT2D eigenvalue weighted by molar-refractivity contribution is 0.0962. The predicted octanol–water partition coefficient (Wildman–Crippen LogP) is 0.278. The Balaban J connectivity index is 2.09. The van der Waals surface area contributed by atoms with Gasteiger partial charge in [0.1, 0.15) is 5.82 Å². The van der Waals surface area contributed by atoms with Crippen LogP contribution in [0.1, 0.15) is 10.4 Å². The van der Waals surface area contributed by atoms with Crippen LogP contribution >= 0.6 is 0 Å². The Morgan fingerprint density at radius 1 is 1.44 bits per heavy atom. The van der Waals surface area contributed by atoms with E-state index in [9.17, 15) is 4.79 Å². The molecule has 86 valence electrons. The third-order valence-corrected chi connectivity index (χ3v) is 2.57. The molecule has 5 nitrogen and oxygen atoms in total. The highest BCUT2D eigenvalue weighted by atomic mass is 16.5. The van der Waals surface area contributed by atoms with E-state index >= 15 is 0 Å². The van der Waals surface area contributed by atoms with Gasteiger partial charge in [0.15, 0.2) is 0 Å². The van der Waals surface area contributed by atoms with Crippen LogP contribution in [0.4, 0.5) is 5.82 Å². The summed E-state index contributed by atoms with van der Waals surface area (Å²) in [6, 6.07) is 3.66. The van der Waals surface area contributed by atoms with E-state index < -0.39 is 0 Å². The fourth-order valence-electron chi connectivity index (χ4n) is 1.64. The Morgan fingerprint density at radius 3 is 2.75 bits per heavy atom. The molecule has 2 rings (SSSR count). The van der Waals surface area contributed by atoms with Crippen LogP contribution < -0.4 is 10.2 Å². The van der Waals surface area contributed by atoms with Gasteiger partial charge in [-0.1, -0.05) is 0 Å². The first-order chi connectivity index (χ1) is 7.81. The van der Waals surface area contributed by atoms with Gasteiger partial charge in [-0.2, -0.15) is 0 Å². The van der Waals surface area contributed by atoms with Gasteiger partial charge in [-0.05, 0) is 12.1 Å². The first-order valence-corrected chi connectivity index (χ1v) is 5.32. The summed E-state index contributed by atoms with van der Waals surface area (Å²) in [5.41, 5.74) is 0.583. The van der Waals surface area contributed by atoms with Gasteiger partial charge in [-0.3, -0.25) is 4.79 Å². The minimum atomic E-state index is -0.110. The zero-order chi connectivity index (χ0) is 11.4. The summed E-state index contributed by atoms with van der Waals surface area (Å²) in [6.45, 7) is 3.18. The molecule has 1 aromatic rings. The van der Waals surface area contributed by atoms with E-state index in [1.54, 1.807) is 19.3 Å². The number of pyridine rings is 1. The summed E-state index contributed by atoms with van der Waals surface area (Å²) in [5, 5.41) is 2.57. The van der Waals surface area contributed by atoms with Gasteiger partial charge < -0.3 is 15.0 Å². The highest BCUT2D eigenvalue weighted by molar-refractivity contribution is 5.93. The second-order valence-electron chi connectivity index (χ2n) is 3.58. The van der Waals surface area contributed by atoms with Crippen molar-refractivity contribution in [2.45, 2.75) is 0 Å². The number of carbonyl (C=O) groups is 1. The van der Waals surface area contributed by atoms with Crippen molar-refractivity contribution < 1.29 is 9.53 Å². The van der Waals surface area contributed by atoms with Crippen LogP contribution in [-0.2, 0) is 4.74 Å². The molecule has 1 saturated heterocycles. The zero-order valence-electron chi connectivity index (χ0n) is 9.27. The van der Waals surface area contributed by atoms with Crippen molar-refractivity contribution in [1.29, 1.82) is 0 Å². The second-order valence-corrected chi connectivity index (χ2v) is 3.58. The summed E-state index contributed by atoms with van der Waals surface area (Å²) >= 11 is 0. The Hall–Kier alpha value is -1.62. The SMILES string of the molecule is CNC(=O)c1ccc(N2CCOCC2)nc1. The van der Waals surface area contributed by atoms with E-state index in [0.29, 0.717) is 5.56 Å². The number of rotatable bonds is 2. The summed E-state index contributed by atoms with van der Waals surface area (Å²) in [4.78, 5) is 17.7. The zero-order valence-corrected chi connectivity index (χ0v) is 9.27. The molecule has 0 spiro atoms. The average Bonchev–Trinajstić information content (AvgIpc) is 2.39. The van der Waals surface area contributed by atoms with Crippen LogP contribution in [0.15, 0.2) is 18.3 Å². The van der Waals surface area contributed by atoms with Crippen molar-refractivity contribution in [3.05, 3.63) is 23.9 Å². The topological polar surface area (TPSA) is 54.5 Å². The molecule has 1 N–H and O–H groups in total. The largest absolute Gasteiger partial charge is 0.378 e. The summed E-state index contributed by atoms with van der Waals surface area (Å²) in [7, 11) is 1.61. The third kappa shape index (κ3) is 2.30. The van der Waals surface area contributed by atoms with E-state index in [0.717, 1.165) is 32.1 Å². The molecular formula is C11H15N3O2. The molecule has 0 atom stereocenters. The van der Waals surface area contributed by atoms with Gasteiger partial charge in [-0.15, -0.1) is 0 Å². The molecule has 16 heavy (non-hydrogen) atoms. The molecule has 5 heteroatoms. The third-order valence-electron chi connectivity index (χ3n) is 2.57. The Bertz CT molecular complexity index is 358. The maximum Gasteiger partial charge on any atom is 0.252 e. The number of morpholine rings is 1. The minimum Gasteiger partial charge on any atom is -0.378 e. The fraction of sp³-hybridized carbons (Fsp3) is 0.455. The molecule has 0 aliphatic carbocycles. The van der Waals surface area contributed by atoms with Crippen LogP contribution in [0.3, 0.4) is 0 Å². The Labute approximate surface area is 94.4 Å². The second kappa shape index (κ2) is 4.94. The number of aromatic nitrogens is 1. The Morgan fingerprint density at radius 2 is 2.19 bits per heavy atom. The number of anilines is 1. The van der Waals surface area contributed by atoms with E-state index in [2.05, 4.69) is 15.2 Å². The number of hydrogen-bond donors (Lipinski definition) is 1. The van der Waals surface area contributed by atoms with Gasteiger partial charge in [0.05, 0.1) is 18.8 Å². The molecule has 0 saturated carbocycles. The van der Waals surface area contributed by atoms with Crippen LogP contribution in [0.25, 0.3) is 0 Å². The van der Waals surface area contributed by atoms with E-state index in [1.807, 2.05) is 6.07 Å². The van der Waals surface area contributed by atoms with Gasteiger partial charge in [0, 0.05) is 26.3 Å². The average molecular weight is 221 g/mol. The molecule has 0 unspecified atom stereocenters. The maximum absolute atomic E-state index is 11.3. The van der Waals surface area contributed by atoms with Gasteiger partial charge in [-0.25, -0.2) is 4.98 Å². The van der Waals surface area contributed by atoms with Crippen molar-refractivity contribution in [2.75, 3.05) is 38.3 Å². The molecule has 0 aromatic carbocycles. The summed E-state index contributed by atoms with van der Waals surface area (Å²) < 4.78 is 5.27. The highest BCUT2D eigenvalue weighted by Gasteiger charge is 2.12. The molecule has 0 bridgehead atoms. The quantitative estimate of drug-likeness (QED) is 0.779. The highest BCUT2D eigenvalue weighted by Crippen LogP contribution is 2.12. The number of hydrogen-bond acceptors (Lipinski definition) is 4.